The summed E-state index contributed by atoms with van der Waals surface area (Å²) in [5.41, 5.74) is 0. The normalized spacial score (nSPS) is 12.7. The molecule has 3 aromatic heterocycles. The summed E-state index contributed by atoms with van der Waals surface area (Å²) in [5.74, 6) is 2.24. The summed E-state index contributed by atoms with van der Waals surface area (Å²) in [6.07, 6.45) is 2.74. The first-order chi connectivity index (χ1) is 10.2. The topological polar surface area (TPSA) is 71.4 Å². The van der Waals surface area contributed by atoms with Gasteiger partial charge >= 0.3 is 0 Å². The Morgan fingerprint density at radius 2 is 2.29 bits per heavy atom. The van der Waals surface area contributed by atoms with Crippen molar-refractivity contribution < 1.29 is 13.9 Å². The van der Waals surface area contributed by atoms with Crippen molar-refractivity contribution in [3.8, 4) is 10.8 Å². The molecule has 3 aromatic rings. The number of hydrogen-bond acceptors (Lipinski definition) is 6. The minimum absolute atomic E-state index is 0.431. The first-order valence-corrected chi connectivity index (χ1v) is 7.48. The van der Waals surface area contributed by atoms with Crippen LogP contribution in [0.25, 0.3) is 10.8 Å². The highest BCUT2D eigenvalue weighted by molar-refractivity contribution is 7.14. The van der Waals surface area contributed by atoms with E-state index in [4.69, 9.17) is 8.83 Å². The second-order valence-corrected chi connectivity index (χ2v) is 5.82. The van der Waals surface area contributed by atoms with E-state index in [0.717, 1.165) is 21.4 Å². The minimum Gasteiger partial charge on any atom is -0.467 e. The molecule has 0 radical (unpaired) electrons. The average molecular weight is 304 g/mol. The zero-order chi connectivity index (χ0) is 14.7. The molecule has 1 unspecified atom stereocenters. The molecule has 0 fully saturated rings. The van der Waals surface area contributed by atoms with Crippen LogP contribution in [0.1, 0.15) is 22.5 Å². The molecule has 5 nitrogen and oxygen atoms in total. The zero-order valence-electron chi connectivity index (χ0n) is 11.6. The first kappa shape index (κ1) is 14.1. The van der Waals surface area contributed by atoms with Crippen LogP contribution < -0.4 is 5.32 Å². The van der Waals surface area contributed by atoms with Crippen LogP contribution in [-0.4, -0.2) is 16.6 Å². The maximum Gasteiger partial charge on any atom is 0.162 e. The van der Waals surface area contributed by atoms with Gasteiger partial charge in [-0.1, -0.05) is 0 Å². The number of thiazole rings is 1. The maximum atomic E-state index is 9.89. The standard InChI is InChI=1S/C15H16N2O3S/c1-10-4-5-14(20-10)15-17-8-11(21-15)7-16-9-12(18)13-3-2-6-19-13/h2-6,8,12,16,18H,7,9H2,1H3. The number of rotatable bonds is 6. The van der Waals surface area contributed by atoms with Crippen molar-refractivity contribution >= 4 is 11.3 Å². The van der Waals surface area contributed by atoms with Crippen LogP contribution in [0.2, 0.25) is 0 Å². The number of nitrogens with zero attached hydrogens (tertiary/aromatic N) is 1. The largest absolute Gasteiger partial charge is 0.467 e. The molecule has 2 N–H and O–H groups in total. The van der Waals surface area contributed by atoms with Gasteiger partial charge in [0.2, 0.25) is 0 Å². The van der Waals surface area contributed by atoms with Crippen molar-refractivity contribution in [2.75, 3.05) is 6.54 Å². The summed E-state index contributed by atoms with van der Waals surface area (Å²) in [4.78, 5) is 5.44. The summed E-state index contributed by atoms with van der Waals surface area (Å²) in [5, 5.41) is 13.9. The second kappa shape index (κ2) is 6.26. The molecule has 21 heavy (non-hydrogen) atoms. The van der Waals surface area contributed by atoms with E-state index in [9.17, 15) is 5.11 Å². The maximum absolute atomic E-state index is 9.89. The van der Waals surface area contributed by atoms with Crippen molar-refractivity contribution in [3.05, 3.63) is 53.1 Å². The van der Waals surface area contributed by atoms with Crippen molar-refractivity contribution in [3.63, 3.8) is 0 Å². The Morgan fingerprint density at radius 1 is 1.38 bits per heavy atom. The van der Waals surface area contributed by atoms with E-state index in [0.29, 0.717) is 18.8 Å². The number of aliphatic hydroxyl groups is 1. The van der Waals surface area contributed by atoms with Crippen molar-refractivity contribution in [1.82, 2.24) is 10.3 Å². The lowest BCUT2D eigenvalue weighted by Gasteiger charge is -2.08. The van der Waals surface area contributed by atoms with E-state index < -0.39 is 6.10 Å². The van der Waals surface area contributed by atoms with Gasteiger partial charge in [0.25, 0.3) is 0 Å². The number of nitrogens with one attached hydrogen (secondary N) is 1. The minimum atomic E-state index is -0.639. The SMILES string of the molecule is Cc1ccc(-c2ncc(CNCC(O)c3ccco3)s2)o1. The molecule has 1 atom stereocenters. The fourth-order valence-corrected chi connectivity index (χ4v) is 2.81. The lowest BCUT2D eigenvalue weighted by atomic mass is 10.3. The number of hydrogen-bond donors (Lipinski definition) is 2. The molecule has 0 aliphatic heterocycles. The van der Waals surface area contributed by atoms with E-state index in [1.165, 1.54) is 0 Å². The predicted molar refractivity (Wildman–Crippen MR) is 79.9 cm³/mol. The monoisotopic (exact) mass is 304 g/mol. The number of aromatic nitrogens is 1. The van der Waals surface area contributed by atoms with Gasteiger partial charge in [-0.2, -0.15) is 0 Å². The first-order valence-electron chi connectivity index (χ1n) is 6.66. The fraction of sp³-hybridized carbons (Fsp3) is 0.267. The molecular weight excluding hydrogens is 288 g/mol. The Labute approximate surface area is 126 Å². The average Bonchev–Trinajstić information content (AvgIpc) is 3.19. The van der Waals surface area contributed by atoms with Gasteiger partial charge in [-0.3, -0.25) is 0 Å². The molecule has 0 aliphatic carbocycles. The predicted octanol–water partition coefficient (Wildman–Crippen LogP) is 3.13. The molecule has 6 heteroatoms. The fourth-order valence-electron chi connectivity index (χ4n) is 1.97. The Kier molecular flexibility index (Phi) is 4.19. The van der Waals surface area contributed by atoms with Gasteiger partial charge in [0.15, 0.2) is 10.8 Å². The number of aryl methyl sites for hydroxylation is 1. The van der Waals surface area contributed by atoms with Gasteiger partial charge < -0.3 is 19.3 Å². The van der Waals surface area contributed by atoms with Crippen LogP contribution >= 0.6 is 11.3 Å². The molecule has 110 valence electrons. The van der Waals surface area contributed by atoms with Gasteiger partial charge in [-0.15, -0.1) is 11.3 Å². The second-order valence-electron chi connectivity index (χ2n) is 4.70. The Bertz CT molecular complexity index is 687. The van der Waals surface area contributed by atoms with Gasteiger partial charge in [0.05, 0.1) is 6.26 Å². The van der Waals surface area contributed by atoms with Crippen LogP contribution in [0.5, 0.6) is 0 Å². The highest BCUT2D eigenvalue weighted by Gasteiger charge is 2.11. The van der Waals surface area contributed by atoms with Crippen molar-refractivity contribution in [2.24, 2.45) is 0 Å². The van der Waals surface area contributed by atoms with E-state index in [-0.39, 0.29) is 0 Å². The molecule has 0 saturated carbocycles. The molecular formula is C15H16N2O3S. The lowest BCUT2D eigenvalue weighted by molar-refractivity contribution is 0.147. The van der Waals surface area contributed by atoms with Crippen LogP contribution in [0.3, 0.4) is 0 Å². The van der Waals surface area contributed by atoms with Crippen LogP contribution in [0.4, 0.5) is 0 Å². The highest BCUT2D eigenvalue weighted by atomic mass is 32.1. The molecule has 0 amide bonds. The summed E-state index contributed by atoms with van der Waals surface area (Å²) in [7, 11) is 0. The van der Waals surface area contributed by atoms with Crippen molar-refractivity contribution in [2.45, 2.75) is 19.6 Å². The van der Waals surface area contributed by atoms with Gasteiger partial charge in [0, 0.05) is 24.2 Å². The molecule has 0 aromatic carbocycles. The van der Waals surface area contributed by atoms with Crippen LogP contribution in [0, 0.1) is 6.92 Å². The molecule has 3 heterocycles. The molecule has 0 aliphatic rings. The summed E-state index contributed by atoms with van der Waals surface area (Å²) in [6.45, 7) is 2.99. The Morgan fingerprint density at radius 3 is 3.00 bits per heavy atom. The molecule has 0 saturated heterocycles. The number of aliphatic hydroxyl groups excluding tert-OH is 1. The quantitative estimate of drug-likeness (QED) is 0.732. The van der Waals surface area contributed by atoms with Gasteiger partial charge in [-0.05, 0) is 31.2 Å². The molecule has 3 rings (SSSR count). The molecule has 0 spiro atoms. The smallest absolute Gasteiger partial charge is 0.162 e. The Hall–Kier alpha value is -1.89. The zero-order valence-corrected chi connectivity index (χ0v) is 12.4. The summed E-state index contributed by atoms with van der Waals surface area (Å²) >= 11 is 1.58. The van der Waals surface area contributed by atoms with Crippen LogP contribution in [-0.2, 0) is 6.54 Å². The summed E-state index contributed by atoms with van der Waals surface area (Å²) in [6, 6.07) is 7.37. The lowest BCUT2D eigenvalue weighted by Crippen LogP contribution is -2.20. The van der Waals surface area contributed by atoms with E-state index in [1.54, 1.807) is 29.7 Å². The third-order valence-electron chi connectivity index (χ3n) is 3.01. The number of furan rings is 2. The molecule has 0 bridgehead atoms. The highest BCUT2D eigenvalue weighted by Crippen LogP contribution is 2.26. The third-order valence-corrected chi connectivity index (χ3v) is 4.03. The van der Waals surface area contributed by atoms with Gasteiger partial charge in [0.1, 0.15) is 17.6 Å². The van der Waals surface area contributed by atoms with E-state index in [2.05, 4.69) is 10.3 Å². The van der Waals surface area contributed by atoms with Gasteiger partial charge in [-0.25, -0.2) is 4.98 Å². The van der Waals surface area contributed by atoms with E-state index >= 15 is 0 Å². The Balaban J connectivity index is 1.53. The third kappa shape index (κ3) is 3.41. The van der Waals surface area contributed by atoms with E-state index in [1.807, 2.05) is 25.3 Å². The van der Waals surface area contributed by atoms with Crippen LogP contribution in [0.15, 0.2) is 45.6 Å². The summed E-state index contributed by atoms with van der Waals surface area (Å²) < 4.78 is 10.7. The van der Waals surface area contributed by atoms with Crippen molar-refractivity contribution in [1.29, 1.82) is 0 Å².